The third-order valence-corrected chi connectivity index (χ3v) is 29.4. The highest BCUT2D eigenvalue weighted by Gasteiger charge is 2.39. The summed E-state index contributed by atoms with van der Waals surface area (Å²) in [5, 5.41) is 9.70. The molecule has 634 valence electrons. The van der Waals surface area contributed by atoms with E-state index < -0.39 is 0 Å². The standard InChI is InChI=1S/C45H33NO.C43H31NS.C39H29NO/c1-45(2)41-14-8-6-12-37(41)39-29-36(25-26-42(39)45)46(34-21-16-31(17-22-34)30-10-4-3-5-11-30)35-23-18-32(19-24-35)33-20-27-44-40(28-33)38-13-7-9-15-43(38)47-44;1-43(2)38-15-7-5-13-34(38)37-26-30(20-25-39(37)43)28-18-21-31(22-19-28)44(40-16-9-11-29-10-3-4-12-33(29)40)32-23-24-36-35-14-6-8-17-41(35)45-42(36)27-32;1-39(2)35-14-8-6-12-31(35)33-25-30(21-22-36(33)39)40(28-10-4-3-5-11-28)29-19-16-26(17-20-29)27-18-23-38-34(24-27)32-13-7-9-15-37(32)41-38/h3-29H,1-2H3;3-27H,1-2H3;3-25H,1-2H3. The molecule has 3 heterocycles. The number of thiophene rings is 1. The molecule has 0 fully saturated rings. The predicted molar refractivity (Wildman–Crippen MR) is 563 cm³/mol. The summed E-state index contributed by atoms with van der Waals surface area (Å²) in [5.41, 5.74) is 39.9. The minimum absolute atomic E-state index is 0.00883. The number of furan rings is 2. The molecular formula is C127H93N3O2S. The van der Waals surface area contributed by atoms with Crippen LogP contribution in [0.5, 0.6) is 0 Å². The lowest BCUT2D eigenvalue weighted by Gasteiger charge is -2.27. The quantitative estimate of drug-likeness (QED) is 0.115. The van der Waals surface area contributed by atoms with Crippen LogP contribution in [0.3, 0.4) is 0 Å². The van der Waals surface area contributed by atoms with Crippen LogP contribution in [-0.4, -0.2) is 0 Å². The van der Waals surface area contributed by atoms with E-state index in [1.165, 1.54) is 148 Å². The van der Waals surface area contributed by atoms with Gasteiger partial charge >= 0.3 is 0 Å². The van der Waals surface area contributed by atoms with Crippen molar-refractivity contribution in [2.24, 2.45) is 0 Å². The lowest BCUT2D eigenvalue weighted by Crippen LogP contribution is -2.15. The number of fused-ring (bicyclic) bond motifs is 19. The number of hydrogen-bond acceptors (Lipinski definition) is 6. The van der Waals surface area contributed by atoms with Gasteiger partial charge in [-0.1, -0.05) is 345 Å². The lowest BCUT2D eigenvalue weighted by atomic mass is 9.82. The molecule has 0 N–H and O–H groups in total. The normalized spacial score (nSPS) is 13.2. The Morgan fingerprint density at radius 3 is 1.00 bits per heavy atom. The highest BCUT2D eigenvalue weighted by molar-refractivity contribution is 7.25. The van der Waals surface area contributed by atoms with Crippen LogP contribution in [0.4, 0.5) is 51.2 Å². The molecule has 3 aromatic heterocycles. The van der Waals surface area contributed by atoms with E-state index >= 15 is 0 Å². The molecule has 23 aromatic rings. The summed E-state index contributed by atoms with van der Waals surface area (Å²) in [6.07, 6.45) is 0. The van der Waals surface area contributed by atoms with Crippen molar-refractivity contribution in [1.82, 2.24) is 0 Å². The van der Waals surface area contributed by atoms with Gasteiger partial charge in [-0.15, -0.1) is 11.3 Å². The van der Waals surface area contributed by atoms with E-state index in [4.69, 9.17) is 8.83 Å². The van der Waals surface area contributed by atoms with Crippen LogP contribution < -0.4 is 14.7 Å². The molecule has 133 heavy (non-hydrogen) atoms. The minimum atomic E-state index is -0.0321. The second-order valence-electron chi connectivity index (χ2n) is 37.0. The Balaban J connectivity index is 0.000000110. The Hall–Kier alpha value is -16.1. The van der Waals surface area contributed by atoms with Gasteiger partial charge in [0, 0.05) is 109 Å². The van der Waals surface area contributed by atoms with Crippen molar-refractivity contribution in [3.8, 4) is 77.9 Å². The average Bonchev–Trinajstić information content (AvgIpc) is 1.58. The van der Waals surface area contributed by atoms with Crippen molar-refractivity contribution in [2.45, 2.75) is 57.8 Å². The third-order valence-electron chi connectivity index (χ3n) is 28.2. The highest BCUT2D eigenvalue weighted by atomic mass is 32.1. The Morgan fingerprint density at radius 1 is 0.180 bits per heavy atom. The van der Waals surface area contributed by atoms with E-state index in [0.29, 0.717) is 0 Å². The van der Waals surface area contributed by atoms with Gasteiger partial charge < -0.3 is 23.5 Å². The largest absolute Gasteiger partial charge is 0.456 e. The molecule has 0 amide bonds. The number of benzene rings is 20. The fraction of sp³-hybridized carbons (Fsp3) is 0.0709. The second kappa shape index (κ2) is 32.2. The first-order chi connectivity index (χ1) is 65.2. The molecule has 5 nitrogen and oxygen atoms in total. The van der Waals surface area contributed by atoms with Crippen molar-refractivity contribution in [1.29, 1.82) is 0 Å². The Morgan fingerprint density at radius 2 is 0.496 bits per heavy atom. The summed E-state index contributed by atoms with van der Waals surface area (Å²) in [5.74, 6) is 0. The summed E-state index contributed by atoms with van der Waals surface area (Å²) < 4.78 is 14.8. The van der Waals surface area contributed by atoms with Crippen LogP contribution in [0.15, 0.2) is 464 Å². The van der Waals surface area contributed by atoms with Crippen LogP contribution in [0.1, 0.15) is 74.9 Å². The van der Waals surface area contributed by atoms with Gasteiger partial charge in [0.25, 0.3) is 0 Å². The molecule has 3 aliphatic rings. The zero-order chi connectivity index (χ0) is 89.2. The van der Waals surface area contributed by atoms with Gasteiger partial charge in [-0.05, 0) is 268 Å². The molecule has 0 bridgehead atoms. The highest BCUT2D eigenvalue weighted by Crippen LogP contribution is 2.55. The first-order valence-electron chi connectivity index (χ1n) is 46.1. The molecule has 0 spiro atoms. The zero-order valence-corrected chi connectivity index (χ0v) is 75.7. The molecule has 0 saturated carbocycles. The zero-order valence-electron chi connectivity index (χ0n) is 74.9. The molecule has 0 unspecified atom stereocenters. The van der Waals surface area contributed by atoms with E-state index in [1.807, 2.05) is 35.6 Å². The molecule has 6 heteroatoms. The van der Waals surface area contributed by atoms with E-state index in [2.05, 4.69) is 487 Å². The van der Waals surface area contributed by atoms with Gasteiger partial charge in [-0.25, -0.2) is 0 Å². The molecular weight excluding hydrogens is 1630 g/mol. The fourth-order valence-electron chi connectivity index (χ4n) is 21.4. The summed E-state index contributed by atoms with van der Waals surface area (Å²) in [6, 6.07) is 165. The molecule has 0 aliphatic heterocycles. The van der Waals surface area contributed by atoms with E-state index in [9.17, 15) is 0 Å². The molecule has 0 atom stereocenters. The van der Waals surface area contributed by atoms with E-state index in [1.54, 1.807) is 0 Å². The topological polar surface area (TPSA) is 36.0 Å². The van der Waals surface area contributed by atoms with Gasteiger partial charge in [0.2, 0.25) is 0 Å². The maximum atomic E-state index is 6.09. The van der Waals surface area contributed by atoms with Crippen molar-refractivity contribution in [3.63, 3.8) is 0 Å². The Kier molecular flexibility index (Phi) is 19.4. The van der Waals surface area contributed by atoms with Crippen LogP contribution in [0.2, 0.25) is 0 Å². The van der Waals surface area contributed by atoms with Crippen molar-refractivity contribution in [3.05, 3.63) is 488 Å². The second-order valence-corrected chi connectivity index (χ2v) is 38.1. The Labute approximate surface area is 779 Å². The molecule has 0 radical (unpaired) electrons. The number of nitrogens with zero attached hydrogens (tertiary/aromatic N) is 3. The van der Waals surface area contributed by atoms with Crippen molar-refractivity contribution < 1.29 is 8.83 Å². The summed E-state index contributed by atoms with van der Waals surface area (Å²) >= 11 is 1.86. The molecule has 26 rings (SSSR count). The monoisotopic (exact) mass is 1720 g/mol. The van der Waals surface area contributed by atoms with Gasteiger partial charge in [0.15, 0.2) is 0 Å². The predicted octanol–water partition coefficient (Wildman–Crippen LogP) is 36.4. The van der Waals surface area contributed by atoms with Crippen LogP contribution in [-0.2, 0) is 16.2 Å². The molecule has 20 aromatic carbocycles. The van der Waals surface area contributed by atoms with Crippen LogP contribution in [0, 0.1) is 0 Å². The van der Waals surface area contributed by atoms with Crippen molar-refractivity contribution >= 4 is 137 Å². The maximum Gasteiger partial charge on any atom is 0.135 e. The summed E-state index contributed by atoms with van der Waals surface area (Å²) in [6.45, 7) is 14.0. The number of para-hydroxylation sites is 3. The average molecular weight is 1730 g/mol. The van der Waals surface area contributed by atoms with Gasteiger partial charge in [-0.3, -0.25) is 0 Å². The first kappa shape index (κ1) is 80.2. The number of hydrogen-bond donors (Lipinski definition) is 0. The third kappa shape index (κ3) is 13.9. The SMILES string of the molecule is CC1(C)c2ccccc2-c2cc(-c3ccc(N(c4ccc5c(c4)sc4ccccc45)c4cccc5ccccc45)cc3)ccc21.CC1(C)c2ccccc2-c2cc(N(c3ccc(-c4ccccc4)cc3)c3ccc(-c4ccc5oc6ccccc6c5c4)cc3)ccc21.CC1(C)c2ccccc2-c2cc(N(c3ccccc3)c3ccc(-c4ccc5oc6ccccc6c5c4)cc3)ccc21. The van der Waals surface area contributed by atoms with E-state index in [0.717, 1.165) is 89.4 Å². The van der Waals surface area contributed by atoms with Gasteiger partial charge in [0.05, 0.1) is 5.69 Å². The number of anilines is 9. The van der Waals surface area contributed by atoms with Crippen LogP contribution >= 0.6 is 11.3 Å². The fourth-order valence-corrected chi connectivity index (χ4v) is 22.5. The lowest BCUT2D eigenvalue weighted by molar-refractivity contribution is 0.660. The van der Waals surface area contributed by atoms with Crippen LogP contribution in [0.25, 0.3) is 153 Å². The first-order valence-corrected chi connectivity index (χ1v) is 46.9. The van der Waals surface area contributed by atoms with Gasteiger partial charge in [0.1, 0.15) is 22.3 Å². The van der Waals surface area contributed by atoms with Crippen molar-refractivity contribution in [2.75, 3.05) is 14.7 Å². The summed E-state index contributed by atoms with van der Waals surface area (Å²) in [7, 11) is 0. The van der Waals surface area contributed by atoms with Gasteiger partial charge in [-0.2, -0.15) is 0 Å². The summed E-state index contributed by atoms with van der Waals surface area (Å²) in [4.78, 5) is 7.14. The number of rotatable bonds is 13. The smallest absolute Gasteiger partial charge is 0.135 e. The maximum absolute atomic E-state index is 6.09. The minimum Gasteiger partial charge on any atom is -0.456 e. The molecule has 0 saturated heterocycles. The van der Waals surface area contributed by atoms with E-state index in [-0.39, 0.29) is 16.2 Å². The Bertz CT molecular complexity index is 8460. The molecule has 3 aliphatic carbocycles.